The molecule has 0 rings (SSSR count). The Hall–Kier alpha value is -0.560. The Bertz CT molecular complexity index is 154. The molecule has 0 saturated heterocycles. The van der Waals surface area contributed by atoms with Crippen LogP contribution in [0, 0.1) is 5.92 Å². The van der Waals surface area contributed by atoms with E-state index >= 15 is 0 Å². The van der Waals surface area contributed by atoms with E-state index in [4.69, 9.17) is 0 Å². The van der Waals surface area contributed by atoms with Gasteiger partial charge in [-0.3, -0.25) is 0 Å². The van der Waals surface area contributed by atoms with Crippen molar-refractivity contribution in [2.75, 3.05) is 6.54 Å². The summed E-state index contributed by atoms with van der Waals surface area (Å²) in [5.41, 5.74) is 1.32. The average molecular weight is 167 g/mol. The minimum absolute atomic E-state index is 0.555. The second-order valence-electron chi connectivity index (χ2n) is 3.63. The number of rotatable bonds is 5. The summed E-state index contributed by atoms with van der Waals surface area (Å²) in [5, 5.41) is 3.34. The lowest BCUT2D eigenvalue weighted by atomic mass is 10.0. The molecule has 0 aromatic carbocycles. The Morgan fingerprint density at radius 3 is 2.25 bits per heavy atom. The van der Waals surface area contributed by atoms with E-state index in [0.29, 0.717) is 12.0 Å². The minimum atomic E-state index is 0.555. The summed E-state index contributed by atoms with van der Waals surface area (Å²) in [6.07, 6.45) is 4.14. The number of hydrogen-bond acceptors (Lipinski definition) is 1. The lowest BCUT2D eigenvalue weighted by Crippen LogP contribution is -2.22. The van der Waals surface area contributed by atoms with Crippen molar-refractivity contribution >= 4 is 0 Å². The van der Waals surface area contributed by atoms with Gasteiger partial charge < -0.3 is 5.32 Å². The third-order valence-corrected chi connectivity index (χ3v) is 1.77. The zero-order chi connectivity index (χ0) is 9.56. The van der Waals surface area contributed by atoms with Crippen LogP contribution < -0.4 is 5.32 Å². The topological polar surface area (TPSA) is 12.0 Å². The van der Waals surface area contributed by atoms with E-state index in [-0.39, 0.29) is 0 Å². The van der Waals surface area contributed by atoms with E-state index in [9.17, 15) is 0 Å². The van der Waals surface area contributed by atoms with Gasteiger partial charge in [-0.15, -0.1) is 0 Å². The predicted molar refractivity (Wildman–Crippen MR) is 56.3 cm³/mol. The van der Waals surface area contributed by atoms with Gasteiger partial charge in [0.2, 0.25) is 0 Å². The fourth-order valence-corrected chi connectivity index (χ4v) is 0.967. The van der Waals surface area contributed by atoms with Gasteiger partial charge in [0.05, 0.1) is 0 Å². The summed E-state index contributed by atoms with van der Waals surface area (Å²) in [4.78, 5) is 0. The number of nitrogens with one attached hydrogen (secondary N) is 1. The van der Waals surface area contributed by atoms with Gasteiger partial charge in [-0.05, 0) is 11.5 Å². The highest BCUT2D eigenvalue weighted by atomic mass is 14.9. The van der Waals surface area contributed by atoms with Gasteiger partial charge in [-0.1, -0.05) is 46.4 Å². The maximum atomic E-state index is 3.78. The van der Waals surface area contributed by atoms with Gasteiger partial charge in [-0.2, -0.15) is 0 Å². The summed E-state index contributed by atoms with van der Waals surface area (Å²) >= 11 is 0. The third kappa shape index (κ3) is 5.14. The standard InChI is InChI=1S/C11H21N/c1-6-11(9(2)3)7-8-12-10(4)5/h6-7,9-10,12H,1,8H2,2-5H3/b11-7+. The summed E-state index contributed by atoms with van der Waals surface area (Å²) < 4.78 is 0. The van der Waals surface area contributed by atoms with Gasteiger partial charge >= 0.3 is 0 Å². The molecule has 12 heavy (non-hydrogen) atoms. The molecule has 1 N–H and O–H groups in total. The first-order chi connectivity index (χ1) is 5.57. The van der Waals surface area contributed by atoms with E-state index < -0.39 is 0 Å². The molecule has 0 bridgehead atoms. The maximum Gasteiger partial charge on any atom is 0.0143 e. The number of hydrogen-bond donors (Lipinski definition) is 1. The normalized spacial score (nSPS) is 12.7. The van der Waals surface area contributed by atoms with E-state index in [0.717, 1.165) is 6.54 Å². The highest BCUT2D eigenvalue weighted by Gasteiger charge is 1.97. The van der Waals surface area contributed by atoms with Crippen LogP contribution in [0.3, 0.4) is 0 Å². The third-order valence-electron chi connectivity index (χ3n) is 1.77. The van der Waals surface area contributed by atoms with Crippen LogP contribution in [0.5, 0.6) is 0 Å². The monoisotopic (exact) mass is 167 g/mol. The Labute approximate surface area is 76.6 Å². The molecule has 0 radical (unpaired) electrons. The Balaban J connectivity index is 3.86. The SMILES string of the molecule is C=C/C(=C\CNC(C)C)C(C)C. The molecule has 0 aliphatic carbocycles. The molecule has 0 aromatic heterocycles. The molecule has 0 unspecified atom stereocenters. The molecule has 0 fully saturated rings. The molecule has 0 aromatic rings. The van der Waals surface area contributed by atoms with Crippen LogP contribution in [0.1, 0.15) is 27.7 Å². The molecule has 0 aliphatic heterocycles. The van der Waals surface area contributed by atoms with Crippen LogP contribution in [-0.2, 0) is 0 Å². The molecular formula is C11H21N. The van der Waals surface area contributed by atoms with Gasteiger partial charge in [-0.25, -0.2) is 0 Å². The van der Waals surface area contributed by atoms with Crippen molar-refractivity contribution in [1.29, 1.82) is 0 Å². The van der Waals surface area contributed by atoms with Gasteiger partial charge in [0.15, 0.2) is 0 Å². The van der Waals surface area contributed by atoms with Gasteiger partial charge in [0.25, 0.3) is 0 Å². The van der Waals surface area contributed by atoms with E-state index in [1.165, 1.54) is 5.57 Å². The van der Waals surface area contributed by atoms with Crippen LogP contribution >= 0.6 is 0 Å². The molecule has 0 amide bonds. The fourth-order valence-electron chi connectivity index (χ4n) is 0.967. The first-order valence-corrected chi connectivity index (χ1v) is 4.63. The second kappa shape index (κ2) is 6.01. The van der Waals surface area contributed by atoms with Gasteiger partial charge in [0, 0.05) is 12.6 Å². The smallest absolute Gasteiger partial charge is 0.0143 e. The molecule has 1 nitrogen and oxygen atoms in total. The summed E-state index contributed by atoms with van der Waals surface area (Å²) in [6, 6.07) is 0.555. The molecule has 0 saturated carbocycles. The number of allylic oxidation sites excluding steroid dienone is 2. The van der Waals surface area contributed by atoms with Crippen LogP contribution in [0.25, 0.3) is 0 Å². The first kappa shape index (κ1) is 11.4. The van der Waals surface area contributed by atoms with Gasteiger partial charge in [0.1, 0.15) is 0 Å². The van der Waals surface area contributed by atoms with Crippen LogP contribution in [0.4, 0.5) is 0 Å². The zero-order valence-electron chi connectivity index (χ0n) is 8.72. The van der Waals surface area contributed by atoms with E-state index in [2.05, 4.69) is 45.7 Å². The fraction of sp³-hybridized carbons (Fsp3) is 0.636. The summed E-state index contributed by atoms with van der Waals surface area (Å²) in [7, 11) is 0. The largest absolute Gasteiger partial charge is 0.311 e. The van der Waals surface area contributed by atoms with E-state index in [1.54, 1.807) is 0 Å². The van der Waals surface area contributed by atoms with Crippen molar-refractivity contribution in [3.63, 3.8) is 0 Å². The van der Waals surface area contributed by atoms with Crippen LogP contribution in [0.2, 0.25) is 0 Å². The van der Waals surface area contributed by atoms with Crippen LogP contribution in [-0.4, -0.2) is 12.6 Å². The highest BCUT2D eigenvalue weighted by Crippen LogP contribution is 2.08. The van der Waals surface area contributed by atoms with Crippen molar-refractivity contribution in [1.82, 2.24) is 5.32 Å². The lowest BCUT2D eigenvalue weighted by Gasteiger charge is -2.08. The summed E-state index contributed by atoms with van der Waals surface area (Å²) in [6.45, 7) is 13.4. The van der Waals surface area contributed by atoms with E-state index in [1.807, 2.05) is 6.08 Å². The first-order valence-electron chi connectivity index (χ1n) is 4.63. The minimum Gasteiger partial charge on any atom is -0.311 e. The molecular weight excluding hydrogens is 146 g/mol. The molecule has 70 valence electrons. The quantitative estimate of drug-likeness (QED) is 0.621. The highest BCUT2D eigenvalue weighted by molar-refractivity contribution is 5.18. The Kier molecular flexibility index (Phi) is 5.73. The average Bonchev–Trinajstić information content (AvgIpc) is 1.96. The second-order valence-corrected chi connectivity index (χ2v) is 3.63. The summed E-state index contributed by atoms with van der Waals surface area (Å²) in [5.74, 6) is 0.580. The maximum absolute atomic E-state index is 3.78. The predicted octanol–water partition coefficient (Wildman–Crippen LogP) is 2.75. The van der Waals surface area contributed by atoms with Crippen molar-refractivity contribution in [2.24, 2.45) is 5.92 Å². The van der Waals surface area contributed by atoms with Crippen molar-refractivity contribution in [2.45, 2.75) is 33.7 Å². The molecule has 1 heteroatoms. The van der Waals surface area contributed by atoms with Crippen molar-refractivity contribution < 1.29 is 0 Å². The van der Waals surface area contributed by atoms with Crippen molar-refractivity contribution in [3.8, 4) is 0 Å². The Morgan fingerprint density at radius 1 is 1.33 bits per heavy atom. The Morgan fingerprint density at radius 2 is 1.92 bits per heavy atom. The molecule has 0 aliphatic rings. The molecule has 0 spiro atoms. The zero-order valence-corrected chi connectivity index (χ0v) is 8.72. The van der Waals surface area contributed by atoms with Crippen molar-refractivity contribution in [3.05, 3.63) is 24.3 Å². The van der Waals surface area contributed by atoms with Crippen LogP contribution in [0.15, 0.2) is 24.3 Å². The lowest BCUT2D eigenvalue weighted by molar-refractivity contribution is 0.628. The molecule has 0 atom stereocenters. The molecule has 0 heterocycles.